The lowest BCUT2D eigenvalue weighted by Crippen LogP contribution is -2.59. The Hall–Kier alpha value is -0.920. The van der Waals surface area contributed by atoms with Crippen LogP contribution in [0, 0.1) is 0 Å². The molecule has 0 unspecified atom stereocenters. The number of piperidine rings is 1. The van der Waals surface area contributed by atoms with Crippen LogP contribution in [0.2, 0.25) is 0 Å². The zero-order valence-electron chi connectivity index (χ0n) is 11.8. The molecule has 1 aromatic rings. The van der Waals surface area contributed by atoms with Gasteiger partial charge in [0, 0.05) is 32.7 Å². The first-order chi connectivity index (χ1) is 9.56. The first kappa shape index (κ1) is 14.0. The number of halogens is 1. The van der Waals surface area contributed by atoms with E-state index in [1.54, 1.807) is 17.8 Å². The molecule has 2 fully saturated rings. The predicted octanol–water partition coefficient (Wildman–Crippen LogP) is 0.728. The Morgan fingerprint density at radius 2 is 2.25 bits per heavy atom. The normalized spacial score (nSPS) is 27.4. The second kappa shape index (κ2) is 5.46. The third-order valence-electron chi connectivity index (χ3n) is 4.22. The van der Waals surface area contributed by atoms with Gasteiger partial charge in [0.15, 0.2) is 0 Å². The lowest BCUT2D eigenvalue weighted by molar-refractivity contribution is -0.0894. The van der Waals surface area contributed by atoms with E-state index < -0.39 is 0 Å². The van der Waals surface area contributed by atoms with E-state index in [9.17, 15) is 4.79 Å². The molecule has 110 valence electrons. The molecule has 6 nitrogen and oxygen atoms in total. The summed E-state index contributed by atoms with van der Waals surface area (Å²) in [6.45, 7) is 3.19. The smallest absolute Gasteiger partial charge is 0.272 e. The van der Waals surface area contributed by atoms with Crippen molar-refractivity contribution in [2.45, 2.75) is 18.6 Å². The molecule has 7 heteroatoms. The van der Waals surface area contributed by atoms with E-state index in [4.69, 9.17) is 4.74 Å². The van der Waals surface area contributed by atoms with Crippen LogP contribution in [0.1, 0.15) is 16.9 Å². The van der Waals surface area contributed by atoms with E-state index in [0.717, 1.165) is 32.7 Å². The third-order valence-corrected chi connectivity index (χ3v) is 4.61. The maximum atomic E-state index is 12.6. The average molecular weight is 343 g/mol. The molecule has 0 radical (unpaired) electrons. The van der Waals surface area contributed by atoms with Crippen molar-refractivity contribution in [2.75, 3.05) is 33.3 Å². The number of likely N-dealkylation sites (tertiary alicyclic amines) is 1. The zero-order valence-corrected chi connectivity index (χ0v) is 13.3. The summed E-state index contributed by atoms with van der Waals surface area (Å²) >= 11 is 3.31. The quantitative estimate of drug-likeness (QED) is 0.754. The van der Waals surface area contributed by atoms with Gasteiger partial charge in [0.1, 0.15) is 10.3 Å². The molecule has 3 heterocycles. The lowest BCUT2D eigenvalue weighted by atomic mass is 9.99. The second-order valence-corrected chi connectivity index (χ2v) is 6.29. The van der Waals surface area contributed by atoms with Gasteiger partial charge in [-0.15, -0.1) is 0 Å². The molecule has 0 N–H and O–H groups in total. The molecule has 0 bridgehead atoms. The van der Waals surface area contributed by atoms with E-state index in [-0.39, 0.29) is 12.0 Å². The molecule has 1 amide bonds. The molecule has 0 aromatic carbocycles. The number of hydrogen-bond donors (Lipinski definition) is 0. The summed E-state index contributed by atoms with van der Waals surface area (Å²) in [7, 11) is 3.90. The highest BCUT2D eigenvalue weighted by molar-refractivity contribution is 9.10. The summed E-state index contributed by atoms with van der Waals surface area (Å²) in [5.41, 5.74) is 0.620. The van der Waals surface area contributed by atoms with Crippen LogP contribution in [0.25, 0.3) is 0 Å². The van der Waals surface area contributed by atoms with Crippen molar-refractivity contribution in [3.8, 4) is 0 Å². The van der Waals surface area contributed by atoms with Crippen molar-refractivity contribution in [1.82, 2.24) is 19.6 Å². The van der Waals surface area contributed by atoms with Gasteiger partial charge in [-0.1, -0.05) is 0 Å². The van der Waals surface area contributed by atoms with Crippen LogP contribution in [0.3, 0.4) is 0 Å². The van der Waals surface area contributed by atoms with Gasteiger partial charge in [0.05, 0.1) is 18.8 Å². The summed E-state index contributed by atoms with van der Waals surface area (Å²) in [4.78, 5) is 16.8. The Kier molecular flexibility index (Phi) is 3.83. The van der Waals surface area contributed by atoms with Crippen LogP contribution in [0.15, 0.2) is 10.7 Å². The number of aromatic nitrogens is 2. The van der Waals surface area contributed by atoms with E-state index in [0.29, 0.717) is 16.3 Å². The van der Waals surface area contributed by atoms with Gasteiger partial charge < -0.3 is 9.64 Å². The van der Waals surface area contributed by atoms with Crippen molar-refractivity contribution in [3.63, 3.8) is 0 Å². The maximum Gasteiger partial charge on any atom is 0.272 e. The van der Waals surface area contributed by atoms with Gasteiger partial charge in [-0.2, -0.15) is 5.10 Å². The van der Waals surface area contributed by atoms with Crippen LogP contribution in [0.4, 0.5) is 0 Å². The molecule has 20 heavy (non-hydrogen) atoms. The van der Waals surface area contributed by atoms with Crippen molar-refractivity contribution in [2.24, 2.45) is 7.05 Å². The van der Waals surface area contributed by atoms with Crippen LogP contribution >= 0.6 is 15.9 Å². The number of ether oxygens (including phenoxy) is 1. The Labute approximate surface area is 126 Å². The number of rotatable bonds is 1. The Bertz CT molecular complexity index is 518. The van der Waals surface area contributed by atoms with Gasteiger partial charge in [-0.25, -0.2) is 0 Å². The topological polar surface area (TPSA) is 50.6 Å². The van der Waals surface area contributed by atoms with Crippen LogP contribution in [0.5, 0.6) is 0 Å². The highest BCUT2D eigenvalue weighted by atomic mass is 79.9. The van der Waals surface area contributed by atoms with Gasteiger partial charge in [-0.3, -0.25) is 14.4 Å². The summed E-state index contributed by atoms with van der Waals surface area (Å²) < 4.78 is 8.12. The number of fused-ring (bicyclic) bond motifs is 1. The summed E-state index contributed by atoms with van der Waals surface area (Å²) in [6.07, 6.45) is 1.16. The van der Waals surface area contributed by atoms with Crippen LogP contribution in [-0.2, 0) is 11.8 Å². The van der Waals surface area contributed by atoms with Crippen LogP contribution in [-0.4, -0.2) is 70.9 Å². The fourth-order valence-corrected chi connectivity index (χ4v) is 3.48. The Balaban J connectivity index is 1.75. The number of morpholine rings is 1. The van der Waals surface area contributed by atoms with Gasteiger partial charge in [0.2, 0.25) is 0 Å². The lowest BCUT2D eigenvalue weighted by Gasteiger charge is -2.45. The number of hydrogen-bond acceptors (Lipinski definition) is 4. The van der Waals surface area contributed by atoms with Gasteiger partial charge in [0.25, 0.3) is 5.91 Å². The first-order valence-corrected chi connectivity index (χ1v) is 7.66. The van der Waals surface area contributed by atoms with E-state index in [1.807, 2.05) is 4.90 Å². The SMILES string of the molecule is CN1CCO[C@H]2CCN(C(=O)c3cc(Br)nn3C)C[C@@H]21. The van der Waals surface area contributed by atoms with Crippen molar-refractivity contribution < 1.29 is 9.53 Å². The first-order valence-electron chi connectivity index (χ1n) is 6.87. The molecule has 2 aliphatic heterocycles. The van der Waals surface area contributed by atoms with E-state index >= 15 is 0 Å². The van der Waals surface area contributed by atoms with Crippen LogP contribution < -0.4 is 0 Å². The molecule has 2 saturated heterocycles. The number of carbonyl (C=O) groups is 1. The summed E-state index contributed by atoms with van der Waals surface area (Å²) in [5.74, 6) is 0.0446. The summed E-state index contributed by atoms with van der Waals surface area (Å²) in [6, 6.07) is 2.08. The zero-order chi connectivity index (χ0) is 14.3. The monoisotopic (exact) mass is 342 g/mol. The molecule has 3 rings (SSSR count). The molecule has 2 aliphatic rings. The Morgan fingerprint density at radius 1 is 1.45 bits per heavy atom. The van der Waals surface area contributed by atoms with Crippen molar-refractivity contribution in [1.29, 1.82) is 0 Å². The molecule has 1 aromatic heterocycles. The minimum Gasteiger partial charge on any atom is -0.375 e. The largest absolute Gasteiger partial charge is 0.375 e. The molecule has 0 spiro atoms. The minimum absolute atomic E-state index is 0.0446. The standard InChI is InChI=1S/C13H19BrN4O2/c1-16-5-6-20-11-3-4-18(8-10(11)16)13(19)9-7-12(14)15-17(9)2/h7,10-11H,3-6,8H2,1-2H3/t10-,11-/m0/s1. The fourth-order valence-electron chi connectivity index (χ4n) is 3.02. The maximum absolute atomic E-state index is 12.6. The third kappa shape index (κ3) is 2.49. The number of nitrogens with zero attached hydrogens (tertiary/aromatic N) is 4. The fraction of sp³-hybridized carbons (Fsp3) is 0.692. The molecule has 2 atom stereocenters. The highest BCUT2D eigenvalue weighted by Gasteiger charge is 2.37. The highest BCUT2D eigenvalue weighted by Crippen LogP contribution is 2.23. The molecule has 0 saturated carbocycles. The Morgan fingerprint density at radius 3 is 2.95 bits per heavy atom. The van der Waals surface area contributed by atoms with E-state index in [2.05, 4.69) is 33.0 Å². The number of aryl methyl sites for hydroxylation is 1. The minimum atomic E-state index is 0.0446. The summed E-state index contributed by atoms with van der Waals surface area (Å²) in [5, 5.41) is 4.17. The number of amides is 1. The van der Waals surface area contributed by atoms with Gasteiger partial charge in [-0.05, 0) is 29.4 Å². The van der Waals surface area contributed by atoms with E-state index in [1.165, 1.54) is 0 Å². The van der Waals surface area contributed by atoms with Crippen molar-refractivity contribution in [3.05, 3.63) is 16.4 Å². The molecular weight excluding hydrogens is 324 g/mol. The van der Waals surface area contributed by atoms with Gasteiger partial charge >= 0.3 is 0 Å². The number of carbonyl (C=O) groups excluding carboxylic acids is 1. The molecular formula is C13H19BrN4O2. The number of likely N-dealkylation sites (N-methyl/N-ethyl adjacent to an activating group) is 1. The second-order valence-electron chi connectivity index (χ2n) is 5.47. The predicted molar refractivity (Wildman–Crippen MR) is 77.6 cm³/mol. The molecule has 0 aliphatic carbocycles. The van der Waals surface area contributed by atoms with Crippen molar-refractivity contribution >= 4 is 21.8 Å². The average Bonchev–Trinajstić information content (AvgIpc) is 2.77.